The van der Waals surface area contributed by atoms with E-state index >= 15 is 0 Å². The molecule has 1 aromatic rings. The number of nitrogens with two attached hydrogens (primary N) is 1. The maximum absolute atomic E-state index is 12.4. The van der Waals surface area contributed by atoms with Gasteiger partial charge in [-0.3, -0.25) is 14.4 Å². The number of carbonyl (C=O) groups is 2. The van der Waals surface area contributed by atoms with Gasteiger partial charge in [0.1, 0.15) is 5.54 Å². The topological polar surface area (TPSA) is 133 Å². The third-order valence-corrected chi connectivity index (χ3v) is 7.53. The second kappa shape index (κ2) is 8.81. The number of amides is 1. The van der Waals surface area contributed by atoms with Crippen LogP contribution in [0.1, 0.15) is 49.4 Å². The number of hydrogen-bond donors (Lipinski definition) is 3. The van der Waals surface area contributed by atoms with Crippen LogP contribution in [-0.4, -0.2) is 67.8 Å². The highest BCUT2D eigenvalue weighted by Gasteiger charge is 2.45. The van der Waals surface area contributed by atoms with Crippen molar-refractivity contribution in [1.29, 1.82) is 0 Å². The lowest BCUT2D eigenvalue weighted by atomic mass is 9.83. The lowest BCUT2D eigenvalue weighted by Gasteiger charge is -2.48. The van der Waals surface area contributed by atoms with Gasteiger partial charge in [0.2, 0.25) is 15.9 Å². The molecule has 2 aliphatic rings. The van der Waals surface area contributed by atoms with Gasteiger partial charge in [0, 0.05) is 13.1 Å². The smallest absolute Gasteiger partial charge is 0.335 e. The summed E-state index contributed by atoms with van der Waals surface area (Å²) in [5, 5.41) is 9.29. The van der Waals surface area contributed by atoms with Gasteiger partial charge in [-0.15, -0.1) is 0 Å². The second-order valence-electron chi connectivity index (χ2n) is 7.97. The number of aromatic carboxylic acids is 1. The molecule has 0 radical (unpaired) electrons. The Morgan fingerprint density at radius 3 is 2.30 bits per heavy atom. The third kappa shape index (κ3) is 4.54. The van der Waals surface area contributed by atoms with E-state index in [0.717, 1.165) is 32.4 Å². The molecular formula is C20H30N4O5S. The van der Waals surface area contributed by atoms with Crippen molar-refractivity contribution >= 4 is 33.3 Å². The molecule has 30 heavy (non-hydrogen) atoms. The van der Waals surface area contributed by atoms with Crippen LogP contribution in [0.15, 0.2) is 18.2 Å². The van der Waals surface area contributed by atoms with Crippen molar-refractivity contribution in [2.45, 2.75) is 44.6 Å². The first-order valence-electron chi connectivity index (χ1n) is 10.4. The molecule has 166 valence electrons. The van der Waals surface area contributed by atoms with Gasteiger partial charge in [0.15, 0.2) is 0 Å². The summed E-state index contributed by atoms with van der Waals surface area (Å²) in [7, 11) is -3.58. The molecule has 0 unspecified atom stereocenters. The molecule has 1 amide bonds. The summed E-state index contributed by atoms with van der Waals surface area (Å²) in [6.07, 6.45) is 4.36. The minimum absolute atomic E-state index is 0.00404. The van der Waals surface area contributed by atoms with E-state index in [4.69, 9.17) is 5.73 Å². The number of anilines is 2. The molecule has 0 bridgehead atoms. The van der Waals surface area contributed by atoms with Crippen molar-refractivity contribution in [2.75, 3.05) is 41.6 Å². The van der Waals surface area contributed by atoms with Crippen LogP contribution in [0, 0.1) is 0 Å². The average Bonchev–Trinajstić information content (AvgIpc) is 2.74. The molecule has 2 saturated heterocycles. The normalized spacial score (nSPS) is 20.0. The van der Waals surface area contributed by atoms with Gasteiger partial charge >= 0.3 is 5.97 Å². The highest BCUT2D eigenvalue weighted by molar-refractivity contribution is 7.92. The average molecular weight is 439 g/mol. The molecule has 0 atom stereocenters. The minimum Gasteiger partial charge on any atom is -0.478 e. The summed E-state index contributed by atoms with van der Waals surface area (Å²) in [5.41, 5.74) is 6.01. The molecule has 0 aliphatic carbocycles. The first kappa shape index (κ1) is 22.4. The lowest BCUT2D eigenvalue weighted by molar-refractivity contribution is -0.132. The van der Waals surface area contributed by atoms with Gasteiger partial charge in [0.05, 0.1) is 22.7 Å². The highest BCUT2D eigenvalue weighted by atomic mass is 32.2. The summed E-state index contributed by atoms with van der Waals surface area (Å²) in [6, 6.07) is 4.42. The van der Waals surface area contributed by atoms with E-state index in [-0.39, 0.29) is 22.9 Å². The van der Waals surface area contributed by atoms with Crippen LogP contribution < -0.4 is 15.4 Å². The fourth-order valence-corrected chi connectivity index (χ4v) is 5.07. The van der Waals surface area contributed by atoms with Crippen LogP contribution in [-0.2, 0) is 14.8 Å². The van der Waals surface area contributed by atoms with E-state index in [9.17, 15) is 23.1 Å². The summed E-state index contributed by atoms with van der Waals surface area (Å²) < 4.78 is 26.8. The third-order valence-electron chi connectivity index (χ3n) is 6.24. The van der Waals surface area contributed by atoms with Crippen LogP contribution in [0.2, 0.25) is 0 Å². The molecule has 0 aromatic heterocycles. The first-order valence-corrected chi connectivity index (χ1v) is 12.0. The van der Waals surface area contributed by atoms with Gasteiger partial charge in [0.25, 0.3) is 0 Å². The number of carboxylic acids is 1. The van der Waals surface area contributed by atoms with Crippen LogP contribution in [0.5, 0.6) is 0 Å². The molecule has 10 heteroatoms. The Labute approximate surface area is 177 Å². The number of primary amides is 1. The maximum atomic E-state index is 12.4. The number of sulfonamides is 1. The van der Waals surface area contributed by atoms with Crippen molar-refractivity contribution in [1.82, 2.24) is 4.90 Å². The molecule has 1 aromatic carbocycles. The second-order valence-corrected chi connectivity index (χ2v) is 9.98. The number of likely N-dealkylation sites (tertiary alicyclic amines) is 1. The predicted octanol–water partition coefficient (Wildman–Crippen LogP) is 1.46. The van der Waals surface area contributed by atoms with Crippen molar-refractivity contribution in [3.8, 4) is 0 Å². The van der Waals surface area contributed by atoms with Crippen molar-refractivity contribution < 1.29 is 23.1 Å². The van der Waals surface area contributed by atoms with Crippen LogP contribution >= 0.6 is 0 Å². The van der Waals surface area contributed by atoms with E-state index in [1.54, 1.807) is 6.07 Å². The van der Waals surface area contributed by atoms with Gasteiger partial charge < -0.3 is 15.7 Å². The highest BCUT2D eigenvalue weighted by Crippen LogP contribution is 2.36. The zero-order valence-electron chi connectivity index (χ0n) is 17.3. The first-order chi connectivity index (χ1) is 14.2. The summed E-state index contributed by atoms with van der Waals surface area (Å²) >= 11 is 0. The van der Waals surface area contributed by atoms with E-state index in [1.165, 1.54) is 19.1 Å². The number of nitrogens with one attached hydrogen (secondary N) is 1. The quantitative estimate of drug-likeness (QED) is 0.587. The number of nitrogens with zero attached hydrogens (tertiary/aromatic N) is 2. The zero-order chi connectivity index (χ0) is 21.9. The van der Waals surface area contributed by atoms with E-state index in [1.807, 2.05) is 4.90 Å². The molecule has 0 saturated carbocycles. The van der Waals surface area contributed by atoms with Gasteiger partial charge in [-0.2, -0.15) is 0 Å². The lowest BCUT2D eigenvalue weighted by Crippen LogP contribution is -2.63. The maximum Gasteiger partial charge on any atom is 0.335 e. The Morgan fingerprint density at radius 1 is 1.13 bits per heavy atom. The summed E-state index contributed by atoms with van der Waals surface area (Å²) in [6.45, 7) is 4.28. The van der Waals surface area contributed by atoms with Crippen molar-refractivity contribution in [3.63, 3.8) is 0 Å². The zero-order valence-corrected chi connectivity index (χ0v) is 18.1. The SMILES string of the molecule is CCS(=O)(=O)Nc1cc(C(=O)O)ccc1N1CCC(C(N)=O)(N2CCCCC2)CC1. The molecule has 3 rings (SSSR count). The minimum atomic E-state index is -3.58. The van der Waals surface area contributed by atoms with Gasteiger partial charge in [-0.25, -0.2) is 13.2 Å². The van der Waals surface area contributed by atoms with E-state index < -0.39 is 21.5 Å². The number of piperidine rings is 2. The monoisotopic (exact) mass is 438 g/mol. The largest absolute Gasteiger partial charge is 0.478 e. The Morgan fingerprint density at radius 2 is 1.77 bits per heavy atom. The van der Waals surface area contributed by atoms with E-state index in [2.05, 4.69) is 9.62 Å². The van der Waals surface area contributed by atoms with Crippen LogP contribution in [0.4, 0.5) is 11.4 Å². The Hall–Kier alpha value is -2.33. The number of hydrogen-bond acceptors (Lipinski definition) is 6. The summed E-state index contributed by atoms with van der Waals surface area (Å²) in [4.78, 5) is 28.0. The molecule has 0 spiro atoms. The van der Waals surface area contributed by atoms with Gasteiger partial charge in [-0.1, -0.05) is 6.42 Å². The summed E-state index contributed by atoms with van der Waals surface area (Å²) in [5.74, 6) is -1.56. The number of carboxylic acid groups (broad SMARTS) is 1. The van der Waals surface area contributed by atoms with Crippen LogP contribution in [0.25, 0.3) is 0 Å². The number of rotatable bonds is 7. The fourth-order valence-electron chi connectivity index (χ4n) is 4.42. The fraction of sp³-hybridized carbons (Fsp3) is 0.600. The Bertz CT molecular complexity index is 904. The molecule has 9 nitrogen and oxygen atoms in total. The number of benzene rings is 1. The Kier molecular flexibility index (Phi) is 6.56. The molecule has 2 fully saturated rings. The van der Waals surface area contributed by atoms with Crippen molar-refractivity contribution in [2.24, 2.45) is 5.73 Å². The number of carbonyl (C=O) groups excluding carboxylic acids is 1. The van der Waals surface area contributed by atoms with Crippen molar-refractivity contribution in [3.05, 3.63) is 23.8 Å². The standard InChI is InChI=1S/C20H30N4O5S/c1-2-30(28,29)22-16-14-15(18(25)26)6-7-17(16)23-12-8-20(9-13-23,19(21)27)24-10-4-3-5-11-24/h6-7,14,22H,2-5,8-13H2,1H3,(H2,21,27)(H,25,26). The Balaban J connectivity index is 1.86. The van der Waals surface area contributed by atoms with Gasteiger partial charge in [-0.05, 0) is 63.9 Å². The molecular weight excluding hydrogens is 408 g/mol. The molecule has 2 aliphatic heterocycles. The predicted molar refractivity (Wildman–Crippen MR) is 115 cm³/mol. The molecule has 4 N–H and O–H groups in total. The van der Waals surface area contributed by atoms with Crippen LogP contribution in [0.3, 0.4) is 0 Å². The van der Waals surface area contributed by atoms with E-state index in [0.29, 0.717) is 31.6 Å². The molecule has 2 heterocycles.